The number of fused-ring (bicyclic) bond motifs is 1. The third kappa shape index (κ3) is 2.88. The summed E-state index contributed by atoms with van der Waals surface area (Å²) in [5, 5.41) is 9.26. The number of imidazole rings is 1. The number of hydrogen-bond donors (Lipinski definition) is 1. The van der Waals surface area contributed by atoms with Crippen molar-refractivity contribution in [2.24, 2.45) is 14.1 Å². The average Bonchev–Trinajstić information content (AvgIpc) is 3.12. The number of thiazole rings is 1. The summed E-state index contributed by atoms with van der Waals surface area (Å²) in [4.78, 5) is 33.5. The van der Waals surface area contributed by atoms with Gasteiger partial charge in [-0.15, -0.1) is 11.3 Å². The first-order valence-electron chi connectivity index (χ1n) is 7.73. The molecule has 0 bridgehead atoms. The van der Waals surface area contributed by atoms with Crippen LogP contribution in [0.15, 0.2) is 15.9 Å². The van der Waals surface area contributed by atoms with Crippen molar-refractivity contribution in [1.82, 2.24) is 23.7 Å². The average molecular weight is 403 g/mol. The van der Waals surface area contributed by atoms with Gasteiger partial charge in [0.2, 0.25) is 5.60 Å². The molecular weight excluding hydrogens is 387 g/mol. The Morgan fingerprint density at radius 2 is 1.89 bits per heavy atom. The summed E-state index contributed by atoms with van der Waals surface area (Å²) in [7, 11) is 3.04. The van der Waals surface area contributed by atoms with Crippen LogP contribution in [0.3, 0.4) is 0 Å². The second-order valence-corrected chi connectivity index (χ2v) is 7.56. The smallest absolute Gasteiger partial charge is 0.375 e. The normalized spacial score (nSPS) is 14.7. The maximum Gasteiger partial charge on any atom is 0.423 e. The summed E-state index contributed by atoms with van der Waals surface area (Å²) in [6.45, 7) is 1.81. The van der Waals surface area contributed by atoms with E-state index in [-0.39, 0.29) is 23.4 Å². The number of hydrogen-bond acceptors (Lipinski definition) is 6. The lowest BCUT2D eigenvalue weighted by Gasteiger charge is -2.23. The van der Waals surface area contributed by atoms with Crippen LogP contribution in [0.5, 0.6) is 0 Å². The number of aromatic nitrogens is 5. The maximum atomic E-state index is 13.0. The predicted molar refractivity (Wildman–Crippen MR) is 91.8 cm³/mol. The Labute approximate surface area is 154 Å². The van der Waals surface area contributed by atoms with Crippen LogP contribution >= 0.6 is 11.3 Å². The number of aryl methyl sites for hydroxylation is 3. The van der Waals surface area contributed by atoms with Crippen LogP contribution in [-0.4, -0.2) is 35.0 Å². The Bertz CT molecular complexity index is 1150. The molecule has 0 amide bonds. The molecule has 146 valence electrons. The van der Waals surface area contributed by atoms with E-state index in [4.69, 9.17) is 0 Å². The fourth-order valence-corrected chi connectivity index (χ4v) is 3.58. The van der Waals surface area contributed by atoms with Crippen LogP contribution in [0.1, 0.15) is 22.5 Å². The first-order valence-corrected chi connectivity index (χ1v) is 8.54. The molecule has 0 fully saturated rings. The number of aliphatic hydroxyl groups is 1. The van der Waals surface area contributed by atoms with Crippen LogP contribution in [0, 0.1) is 6.92 Å². The summed E-state index contributed by atoms with van der Waals surface area (Å²) in [6.07, 6.45) is -3.52. The summed E-state index contributed by atoms with van der Waals surface area (Å²) in [5.41, 5.74) is -3.90. The number of nitrogens with zero attached hydrogens (tertiary/aromatic N) is 5. The molecule has 1 N–H and O–H groups in total. The molecule has 1 atom stereocenters. The topological polar surface area (TPSA) is 94.9 Å². The van der Waals surface area contributed by atoms with Crippen LogP contribution in [0.2, 0.25) is 0 Å². The van der Waals surface area contributed by atoms with Crippen molar-refractivity contribution in [3.05, 3.63) is 42.7 Å². The summed E-state index contributed by atoms with van der Waals surface area (Å²) in [5.74, 6) is 0. The van der Waals surface area contributed by atoms with Gasteiger partial charge in [0.25, 0.3) is 5.56 Å². The van der Waals surface area contributed by atoms with Crippen LogP contribution in [0.25, 0.3) is 11.2 Å². The number of rotatable bonds is 3. The Kier molecular flexibility index (Phi) is 4.30. The summed E-state index contributed by atoms with van der Waals surface area (Å²) in [6, 6.07) is 0. The van der Waals surface area contributed by atoms with Gasteiger partial charge in [0.05, 0.1) is 18.6 Å². The van der Waals surface area contributed by atoms with Crippen molar-refractivity contribution < 1.29 is 18.3 Å². The molecule has 3 rings (SSSR count). The number of alkyl halides is 3. The van der Waals surface area contributed by atoms with E-state index in [0.29, 0.717) is 23.1 Å². The van der Waals surface area contributed by atoms with Crippen molar-refractivity contribution in [3.63, 3.8) is 0 Å². The molecule has 1 unspecified atom stereocenters. The second-order valence-electron chi connectivity index (χ2n) is 6.35. The first-order chi connectivity index (χ1) is 12.4. The quantitative estimate of drug-likeness (QED) is 0.705. The highest BCUT2D eigenvalue weighted by molar-refractivity contribution is 7.11. The predicted octanol–water partition coefficient (Wildman–Crippen LogP) is 1.02. The zero-order valence-electron chi connectivity index (χ0n) is 14.8. The standard InChI is InChI=1S/C15H16F3N5O3S/c1-7-8(20-12(27-7)14(2,26)15(16,17)18)5-23-11(24)9-10(19-6-21(9)3)22(4)13(23)25/h6,26H,5H2,1-4H3. The van der Waals surface area contributed by atoms with Gasteiger partial charge in [-0.1, -0.05) is 0 Å². The van der Waals surface area contributed by atoms with Gasteiger partial charge in [-0.2, -0.15) is 13.2 Å². The van der Waals surface area contributed by atoms with E-state index < -0.39 is 28.0 Å². The second kappa shape index (κ2) is 6.02. The molecule has 0 spiro atoms. The third-order valence-corrected chi connectivity index (χ3v) is 5.59. The Morgan fingerprint density at radius 1 is 1.26 bits per heavy atom. The largest absolute Gasteiger partial charge is 0.423 e. The minimum atomic E-state index is -4.91. The Morgan fingerprint density at radius 3 is 2.48 bits per heavy atom. The van der Waals surface area contributed by atoms with E-state index in [0.717, 1.165) is 4.57 Å². The van der Waals surface area contributed by atoms with E-state index in [2.05, 4.69) is 9.97 Å². The van der Waals surface area contributed by atoms with E-state index in [1.54, 1.807) is 7.05 Å². The summed E-state index contributed by atoms with van der Waals surface area (Å²) < 4.78 is 42.7. The van der Waals surface area contributed by atoms with Gasteiger partial charge in [0.1, 0.15) is 5.01 Å². The molecule has 3 heterocycles. The van der Waals surface area contributed by atoms with Crippen LogP contribution in [0.4, 0.5) is 13.2 Å². The van der Waals surface area contributed by atoms with Gasteiger partial charge in [-0.05, 0) is 13.8 Å². The minimum absolute atomic E-state index is 0.111. The molecule has 3 aromatic heterocycles. The highest BCUT2D eigenvalue weighted by Crippen LogP contribution is 2.40. The van der Waals surface area contributed by atoms with Crippen molar-refractivity contribution >= 4 is 22.5 Å². The first kappa shape index (κ1) is 19.3. The van der Waals surface area contributed by atoms with Crippen molar-refractivity contribution in [1.29, 1.82) is 0 Å². The van der Waals surface area contributed by atoms with Crippen molar-refractivity contribution in [3.8, 4) is 0 Å². The number of halogens is 3. The molecule has 0 aliphatic rings. The molecule has 0 aromatic carbocycles. The van der Waals surface area contributed by atoms with Crippen molar-refractivity contribution in [2.75, 3.05) is 0 Å². The van der Waals surface area contributed by atoms with Gasteiger partial charge in [-0.3, -0.25) is 13.9 Å². The van der Waals surface area contributed by atoms with E-state index in [1.807, 2.05) is 0 Å². The van der Waals surface area contributed by atoms with E-state index in [1.165, 1.54) is 29.4 Å². The highest BCUT2D eigenvalue weighted by Gasteiger charge is 2.53. The van der Waals surface area contributed by atoms with E-state index in [9.17, 15) is 27.9 Å². The maximum absolute atomic E-state index is 13.0. The van der Waals surface area contributed by atoms with Crippen molar-refractivity contribution in [2.45, 2.75) is 32.2 Å². The minimum Gasteiger partial charge on any atom is -0.375 e. The van der Waals surface area contributed by atoms with E-state index >= 15 is 0 Å². The van der Waals surface area contributed by atoms with Gasteiger partial charge in [0.15, 0.2) is 11.2 Å². The molecule has 0 saturated carbocycles. The van der Waals surface area contributed by atoms with Gasteiger partial charge in [0, 0.05) is 19.0 Å². The molecule has 0 saturated heterocycles. The van der Waals surface area contributed by atoms with Gasteiger partial charge >= 0.3 is 11.9 Å². The molecule has 0 aliphatic heterocycles. The molecule has 0 radical (unpaired) electrons. The molecular formula is C15H16F3N5O3S. The highest BCUT2D eigenvalue weighted by atomic mass is 32.1. The summed E-state index contributed by atoms with van der Waals surface area (Å²) >= 11 is 0.669. The Hall–Kier alpha value is -2.47. The van der Waals surface area contributed by atoms with Crippen LogP contribution in [-0.2, 0) is 26.2 Å². The molecule has 27 heavy (non-hydrogen) atoms. The zero-order chi connectivity index (χ0) is 20.3. The molecule has 3 aromatic rings. The van der Waals surface area contributed by atoms with Gasteiger partial charge < -0.3 is 9.67 Å². The van der Waals surface area contributed by atoms with Gasteiger partial charge in [-0.25, -0.2) is 14.8 Å². The molecule has 8 nitrogen and oxygen atoms in total. The third-order valence-electron chi connectivity index (χ3n) is 4.37. The monoisotopic (exact) mass is 403 g/mol. The Balaban J connectivity index is 2.14. The lowest BCUT2D eigenvalue weighted by molar-refractivity contribution is -0.258. The fraction of sp³-hybridized carbons (Fsp3) is 0.467. The molecule has 0 aliphatic carbocycles. The lowest BCUT2D eigenvalue weighted by Crippen LogP contribution is -2.40. The zero-order valence-corrected chi connectivity index (χ0v) is 15.6. The fourth-order valence-electron chi connectivity index (χ4n) is 2.59. The molecule has 12 heteroatoms. The SMILES string of the molecule is Cc1sc(C(C)(O)C(F)(F)F)nc1Cn1c(=O)c2c(ncn2C)n(C)c1=O. The van der Waals surface area contributed by atoms with Crippen LogP contribution < -0.4 is 11.2 Å². The lowest BCUT2D eigenvalue weighted by atomic mass is 10.1.